The van der Waals surface area contributed by atoms with E-state index < -0.39 is 71.8 Å². The van der Waals surface area contributed by atoms with Crippen molar-refractivity contribution in [3.8, 4) is 0 Å². The quantitative estimate of drug-likeness (QED) is 0.155. The van der Waals surface area contributed by atoms with Gasteiger partial charge in [-0.1, -0.05) is 42.5 Å². The number of carboxylic acids is 1. The summed E-state index contributed by atoms with van der Waals surface area (Å²) in [4.78, 5) is 89.5. The predicted octanol–water partition coefficient (Wildman–Crippen LogP) is -1.72. The number of H-pyrrole nitrogens is 1. The third-order valence-electron chi connectivity index (χ3n) is 5.78. The molecule has 0 saturated carbocycles. The molecule has 0 unspecified atom stereocenters. The van der Waals surface area contributed by atoms with Crippen LogP contribution in [0.4, 0.5) is 0 Å². The largest absolute Gasteiger partial charge is 0.480 e. The number of hydrogen-bond donors (Lipinski definition) is 6. The Bertz CT molecular complexity index is 1530. The van der Waals surface area contributed by atoms with Crippen LogP contribution in [0.5, 0.6) is 0 Å². The molecule has 0 spiro atoms. The number of carbonyl (C=O) groups is 5. The molecule has 3 atom stereocenters. The molecule has 1 aromatic heterocycles. The molecular weight excluding hydrogens is 512 g/mol. The zero-order valence-corrected chi connectivity index (χ0v) is 20.5. The molecule has 0 aliphatic rings. The molecule has 0 radical (unpaired) electrons. The van der Waals surface area contributed by atoms with E-state index in [1.165, 1.54) is 12.1 Å². The lowest BCUT2D eigenvalue weighted by molar-refractivity contribution is -0.144. The molecular formula is C25H26N6O8. The highest BCUT2D eigenvalue weighted by Crippen LogP contribution is 2.14. The van der Waals surface area contributed by atoms with E-state index in [0.717, 1.165) is 0 Å². The number of carbonyl (C=O) groups excluding carboxylic acids is 4. The number of para-hydroxylation sites is 1. The van der Waals surface area contributed by atoms with Crippen LogP contribution in [0.15, 0.2) is 64.2 Å². The number of nitrogens with one attached hydrogen (secondary N) is 3. The monoisotopic (exact) mass is 538 g/mol. The number of aromatic nitrogens is 2. The average molecular weight is 539 g/mol. The summed E-state index contributed by atoms with van der Waals surface area (Å²) in [6.07, 6.45) is -1.66. The number of aliphatic carboxylic acids is 1. The zero-order valence-electron chi connectivity index (χ0n) is 20.5. The van der Waals surface area contributed by atoms with E-state index in [1.54, 1.807) is 42.5 Å². The van der Waals surface area contributed by atoms with Crippen molar-refractivity contribution >= 4 is 40.5 Å². The molecule has 0 saturated heterocycles. The van der Waals surface area contributed by atoms with E-state index in [1.807, 2.05) is 5.32 Å². The van der Waals surface area contributed by atoms with Crippen LogP contribution in [0.1, 0.15) is 24.4 Å². The summed E-state index contributed by atoms with van der Waals surface area (Å²) >= 11 is 0. The number of fused-ring (bicyclic) bond motifs is 1. The molecule has 0 aliphatic carbocycles. The van der Waals surface area contributed by atoms with Gasteiger partial charge in [-0.05, 0) is 17.7 Å². The fourth-order valence-corrected chi connectivity index (χ4v) is 3.95. The van der Waals surface area contributed by atoms with Crippen LogP contribution >= 0.6 is 0 Å². The first-order chi connectivity index (χ1) is 18.5. The third-order valence-corrected chi connectivity index (χ3v) is 5.78. The van der Waals surface area contributed by atoms with Crippen molar-refractivity contribution in [2.24, 2.45) is 11.5 Å². The van der Waals surface area contributed by atoms with Gasteiger partial charge >= 0.3 is 11.7 Å². The van der Waals surface area contributed by atoms with E-state index in [-0.39, 0.29) is 17.3 Å². The number of amides is 4. The van der Waals surface area contributed by atoms with E-state index in [4.69, 9.17) is 11.5 Å². The van der Waals surface area contributed by atoms with Gasteiger partial charge in [0.1, 0.15) is 18.1 Å². The molecule has 2 aromatic carbocycles. The van der Waals surface area contributed by atoms with Gasteiger partial charge in [0.2, 0.25) is 23.6 Å². The number of nitrogens with zero attached hydrogens (tertiary/aromatic N) is 1. The Hall–Kier alpha value is -5.27. The van der Waals surface area contributed by atoms with Crippen molar-refractivity contribution in [2.45, 2.75) is 37.4 Å². The molecule has 3 rings (SSSR count). The highest BCUT2D eigenvalue weighted by molar-refractivity contribution is 5.95. The van der Waals surface area contributed by atoms with Gasteiger partial charge in [0.15, 0.2) is 0 Å². The highest BCUT2D eigenvalue weighted by Gasteiger charge is 2.32. The molecule has 0 fully saturated rings. The van der Waals surface area contributed by atoms with Crippen LogP contribution in [0.2, 0.25) is 0 Å². The molecule has 0 bridgehead atoms. The first-order valence-corrected chi connectivity index (χ1v) is 11.7. The van der Waals surface area contributed by atoms with Gasteiger partial charge in [-0.3, -0.25) is 24.0 Å². The molecule has 0 aliphatic heterocycles. The lowest BCUT2D eigenvalue weighted by atomic mass is 10.0. The Kier molecular flexibility index (Phi) is 8.94. The van der Waals surface area contributed by atoms with Crippen molar-refractivity contribution in [3.63, 3.8) is 0 Å². The number of aromatic amines is 1. The standard InChI is InChI=1S/C25H26N6O8/c26-19(32)11-16(21(34)29-17(24(37)38)12-20(27)33)28-22(35)18(10-13-6-2-1-3-7-13)31-23(36)14-8-4-5-9-15(14)30-25(31)39/h1-9,16-18H,10-12H2,(H2,26,32)(H2,27,33)(H,28,35)(H,29,34)(H,30,39)(H,37,38)/t16-,17+,18-/m0/s1. The van der Waals surface area contributed by atoms with E-state index >= 15 is 0 Å². The number of hydrogen-bond acceptors (Lipinski definition) is 7. The summed E-state index contributed by atoms with van der Waals surface area (Å²) in [5.41, 5.74) is 9.42. The number of benzene rings is 2. The van der Waals surface area contributed by atoms with Crippen LogP contribution in [-0.2, 0) is 30.4 Å². The number of nitrogens with two attached hydrogens (primary N) is 2. The Morgan fingerprint density at radius 3 is 2.00 bits per heavy atom. The topological polar surface area (TPSA) is 237 Å². The van der Waals surface area contributed by atoms with Crippen LogP contribution in [-0.4, -0.2) is 56.3 Å². The van der Waals surface area contributed by atoms with Gasteiger partial charge in [0.05, 0.1) is 23.7 Å². The Labute approximate surface area is 220 Å². The van der Waals surface area contributed by atoms with Gasteiger partial charge in [-0.25, -0.2) is 14.2 Å². The third kappa shape index (κ3) is 7.15. The molecule has 14 heteroatoms. The van der Waals surface area contributed by atoms with Crippen molar-refractivity contribution in [1.82, 2.24) is 20.2 Å². The van der Waals surface area contributed by atoms with Crippen molar-refractivity contribution in [2.75, 3.05) is 0 Å². The first kappa shape index (κ1) is 28.3. The average Bonchev–Trinajstić information content (AvgIpc) is 2.87. The van der Waals surface area contributed by atoms with Crippen LogP contribution in [0.25, 0.3) is 10.9 Å². The van der Waals surface area contributed by atoms with Crippen molar-refractivity contribution < 1.29 is 29.1 Å². The van der Waals surface area contributed by atoms with Gasteiger partial charge in [-0.2, -0.15) is 0 Å². The van der Waals surface area contributed by atoms with Gasteiger partial charge in [-0.15, -0.1) is 0 Å². The fraction of sp³-hybridized carbons (Fsp3) is 0.240. The normalized spacial score (nSPS) is 13.1. The lowest BCUT2D eigenvalue weighted by Gasteiger charge is -2.24. The summed E-state index contributed by atoms with van der Waals surface area (Å²) in [6.45, 7) is 0. The highest BCUT2D eigenvalue weighted by atomic mass is 16.4. The SMILES string of the molecule is NC(=O)C[C@H](NC(=O)[C@H](Cc1ccccc1)n1c(=O)[nH]c2ccccc2c1=O)C(=O)N[C@H](CC(N)=O)C(=O)O. The smallest absolute Gasteiger partial charge is 0.329 e. The van der Waals surface area contributed by atoms with Crippen LogP contribution < -0.4 is 33.3 Å². The summed E-state index contributed by atoms with van der Waals surface area (Å²) in [5.74, 6) is -5.75. The van der Waals surface area contributed by atoms with Crippen molar-refractivity contribution in [3.05, 3.63) is 81.0 Å². The van der Waals surface area contributed by atoms with Gasteiger partial charge in [0.25, 0.3) is 5.56 Å². The second kappa shape index (κ2) is 12.3. The molecule has 1 heterocycles. The summed E-state index contributed by atoms with van der Waals surface area (Å²) in [6, 6.07) is 9.68. The minimum Gasteiger partial charge on any atom is -0.480 e. The molecule has 204 valence electrons. The second-order valence-electron chi connectivity index (χ2n) is 8.66. The number of rotatable bonds is 12. The van der Waals surface area contributed by atoms with Crippen LogP contribution in [0, 0.1) is 0 Å². The minimum absolute atomic E-state index is 0.130. The Morgan fingerprint density at radius 2 is 1.38 bits per heavy atom. The summed E-state index contributed by atoms with van der Waals surface area (Å²) in [7, 11) is 0. The van der Waals surface area contributed by atoms with E-state index in [9.17, 15) is 38.7 Å². The van der Waals surface area contributed by atoms with E-state index in [0.29, 0.717) is 10.1 Å². The fourth-order valence-electron chi connectivity index (χ4n) is 3.95. The predicted molar refractivity (Wildman–Crippen MR) is 137 cm³/mol. The number of carboxylic acid groups (broad SMARTS) is 1. The molecule has 4 amide bonds. The lowest BCUT2D eigenvalue weighted by Crippen LogP contribution is -2.55. The minimum atomic E-state index is -1.74. The van der Waals surface area contributed by atoms with Crippen LogP contribution in [0.3, 0.4) is 0 Å². The first-order valence-electron chi connectivity index (χ1n) is 11.7. The summed E-state index contributed by atoms with van der Waals surface area (Å²) in [5, 5.41) is 13.7. The maximum absolute atomic E-state index is 13.5. The molecule has 14 nitrogen and oxygen atoms in total. The molecule has 8 N–H and O–H groups in total. The van der Waals surface area contributed by atoms with E-state index in [2.05, 4.69) is 10.3 Å². The molecule has 39 heavy (non-hydrogen) atoms. The Balaban J connectivity index is 2.01. The second-order valence-corrected chi connectivity index (χ2v) is 8.66. The zero-order chi connectivity index (χ0) is 28.7. The van der Waals surface area contributed by atoms with Gasteiger partial charge < -0.3 is 32.2 Å². The maximum Gasteiger partial charge on any atom is 0.329 e. The van der Waals surface area contributed by atoms with Gasteiger partial charge in [0, 0.05) is 6.42 Å². The van der Waals surface area contributed by atoms with Crippen molar-refractivity contribution in [1.29, 1.82) is 0 Å². The molecule has 3 aromatic rings. The maximum atomic E-state index is 13.5. The summed E-state index contributed by atoms with van der Waals surface area (Å²) < 4.78 is 0.705. The number of primary amides is 2. The Morgan fingerprint density at radius 1 is 0.821 bits per heavy atom.